The lowest BCUT2D eigenvalue weighted by atomic mass is 10.1. The van der Waals surface area contributed by atoms with E-state index in [1.807, 2.05) is 25.7 Å². The fraction of sp³-hybridized carbons (Fsp3) is 0.812. The van der Waals surface area contributed by atoms with Crippen LogP contribution >= 0.6 is 0 Å². The van der Waals surface area contributed by atoms with E-state index in [4.69, 9.17) is 15.0 Å². The fourth-order valence-electron chi connectivity index (χ4n) is 2.81. The normalized spacial score (nSPS) is 18.6. The Morgan fingerprint density at radius 2 is 2.04 bits per heavy atom. The highest BCUT2D eigenvalue weighted by atomic mass is 16.5. The molecule has 1 aromatic heterocycles. The van der Waals surface area contributed by atoms with Crippen molar-refractivity contribution < 1.29 is 14.1 Å². The molecule has 136 valence electrons. The van der Waals surface area contributed by atoms with Crippen molar-refractivity contribution in [1.82, 2.24) is 19.9 Å². The van der Waals surface area contributed by atoms with Gasteiger partial charge in [-0.05, 0) is 20.3 Å². The van der Waals surface area contributed by atoms with Crippen LogP contribution in [0.15, 0.2) is 4.52 Å². The van der Waals surface area contributed by atoms with Crippen LogP contribution in [0.5, 0.6) is 0 Å². The molecular formula is C16H29N5O3. The Bertz CT molecular complexity index is 514. The first-order chi connectivity index (χ1) is 11.5. The number of hydrogen-bond acceptors (Lipinski definition) is 7. The van der Waals surface area contributed by atoms with E-state index in [1.54, 1.807) is 0 Å². The second kappa shape index (κ2) is 9.10. The average molecular weight is 339 g/mol. The first-order valence-corrected chi connectivity index (χ1v) is 8.75. The molecule has 8 nitrogen and oxygen atoms in total. The number of nitrogens with zero attached hydrogens (tertiary/aromatic N) is 4. The minimum atomic E-state index is -0.375. The Hall–Kier alpha value is -1.51. The lowest BCUT2D eigenvalue weighted by Gasteiger charge is -2.35. The van der Waals surface area contributed by atoms with Crippen LogP contribution in [0.4, 0.5) is 0 Å². The summed E-state index contributed by atoms with van der Waals surface area (Å²) in [7, 11) is 0. The number of piperazine rings is 1. The molecule has 1 aliphatic rings. The van der Waals surface area contributed by atoms with Crippen LogP contribution in [-0.2, 0) is 16.1 Å². The summed E-state index contributed by atoms with van der Waals surface area (Å²) in [6, 6.07) is -0.375. The van der Waals surface area contributed by atoms with Crippen LogP contribution in [0.25, 0.3) is 0 Å². The van der Waals surface area contributed by atoms with Crippen molar-refractivity contribution in [2.24, 2.45) is 5.73 Å². The Morgan fingerprint density at radius 3 is 2.67 bits per heavy atom. The fourth-order valence-corrected chi connectivity index (χ4v) is 2.81. The van der Waals surface area contributed by atoms with E-state index in [0.29, 0.717) is 38.0 Å². The highest BCUT2D eigenvalue weighted by molar-refractivity contribution is 5.81. The largest absolute Gasteiger partial charge is 0.371 e. The van der Waals surface area contributed by atoms with E-state index in [-0.39, 0.29) is 18.1 Å². The van der Waals surface area contributed by atoms with E-state index >= 15 is 0 Å². The summed E-state index contributed by atoms with van der Waals surface area (Å²) < 4.78 is 10.8. The number of carbonyl (C=O) groups is 1. The number of hydrogen-bond donors (Lipinski definition) is 1. The molecule has 8 heteroatoms. The molecule has 1 fully saturated rings. The first-order valence-electron chi connectivity index (χ1n) is 8.75. The Kier molecular flexibility index (Phi) is 7.14. The van der Waals surface area contributed by atoms with Crippen molar-refractivity contribution in [3.63, 3.8) is 0 Å². The quantitative estimate of drug-likeness (QED) is 0.752. The molecule has 0 spiro atoms. The molecule has 1 aromatic rings. The van der Waals surface area contributed by atoms with Crippen LogP contribution in [0.3, 0.4) is 0 Å². The molecule has 0 bridgehead atoms. The van der Waals surface area contributed by atoms with E-state index in [1.165, 1.54) is 0 Å². The number of aromatic nitrogens is 2. The summed E-state index contributed by atoms with van der Waals surface area (Å²) in [5.74, 6) is 1.22. The van der Waals surface area contributed by atoms with Gasteiger partial charge in [-0.15, -0.1) is 0 Å². The molecule has 0 radical (unpaired) electrons. The third kappa shape index (κ3) is 4.99. The van der Waals surface area contributed by atoms with Gasteiger partial charge in [0, 0.05) is 32.8 Å². The summed E-state index contributed by atoms with van der Waals surface area (Å²) in [6.07, 6.45) is 1.50. The van der Waals surface area contributed by atoms with Gasteiger partial charge in [-0.2, -0.15) is 4.98 Å². The molecule has 2 atom stereocenters. The van der Waals surface area contributed by atoms with Crippen molar-refractivity contribution in [1.29, 1.82) is 0 Å². The second-order valence-electron chi connectivity index (χ2n) is 6.14. The van der Waals surface area contributed by atoms with E-state index < -0.39 is 0 Å². The minimum Gasteiger partial charge on any atom is -0.371 e. The van der Waals surface area contributed by atoms with E-state index in [0.717, 1.165) is 25.9 Å². The standard InChI is InChI=1S/C16H29N5O3/c1-4-6-13(17)16(22)21-9-7-20(8-10-21)11-14-18-15(19-24-14)12(3)23-5-2/h12-13H,4-11,17H2,1-3H3. The maximum atomic E-state index is 12.2. The summed E-state index contributed by atoms with van der Waals surface area (Å²) in [5, 5.41) is 3.97. The number of nitrogens with two attached hydrogens (primary N) is 1. The smallest absolute Gasteiger partial charge is 0.240 e. The number of amides is 1. The van der Waals surface area contributed by atoms with Crippen LogP contribution in [0.2, 0.25) is 0 Å². The highest BCUT2D eigenvalue weighted by Crippen LogP contribution is 2.14. The molecule has 2 unspecified atom stereocenters. The molecule has 1 amide bonds. The number of ether oxygens (including phenoxy) is 1. The Morgan fingerprint density at radius 1 is 1.33 bits per heavy atom. The Balaban J connectivity index is 1.80. The minimum absolute atomic E-state index is 0.0575. The van der Waals surface area contributed by atoms with Crippen molar-refractivity contribution in [2.75, 3.05) is 32.8 Å². The summed E-state index contributed by atoms with van der Waals surface area (Å²) >= 11 is 0. The zero-order chi connectivity index (χ0) is 17.5. The highest BCUT2D eigenvalue weighted by Gasteiger charge is 2.25. The van der Waals surface area contributed by atoms with Crippen LogP contribution in [0.1, 0.15) is 51.4 Å². The van der Waals surface area contributed by atoms with Crippen molar-refractivity contribution >= 4 is 5.91 Å². The molecule has 2 heterocycles. The van der Waals surface area contributed by atoms with Crippen LogP contribution in [0, 0.1) is 0 Å². The summed E-state index contributed by atoms with van der Waals surface area (Å²) in [5.41, 5.74) is 5.92. The molecule has 2 rings (SSSR count). The predicted molar refractivity (Wildman–Crippen MR) is 89.1 cm³/mol. The van der Waals surface area contributed by atoms with Gasteiger partial charge in [0.15, 0.2) is 5.82 Å². The molecule has 1 aliphatic heterocycles. The Labute approximate surface area is 143 Å². The topological polar surface area (TPSA) is 97.7 Å². The van der Waals surface area contributed by atoms with Crippen molar-refractivity contribution in [2.45, 2.75) is 52.3 Å². The molecule has 2 N–H and O–H groups in total. The van der Waals surface area contributed by atoms with Crippen LogP contribution < -0.4 is 5.73 Å². The zero-order valence-corrected chi connectivity index (χ0v) is 14.9. The molecular weight excluding hydrogens is 310 g/mol. The number of carbonyl (C=O) groups excluding carboxylic acids is 1. The third-order valence-electron chi connectivity index (χ3n) is 4.22. The molecule has 24 heavy (non-hydrogen) atoms. The van der Waals surface area contributed by atoms with Crippen molar-refractivity contribution in [3.8, 4) is 0 Å². The summed E-state index contributed by atoms with van der Waals surface area (Å²) in [4.78, 5) is 20.7. The van der Waals surface area contributed by atoms with Crippen LogP contribution in [-0.4, -0.2) is 64.7 Å². The van der Waals surface area contributed by atoms with Gasteiger partial charge in [-0.1, -0.05) is 18.5 Å². The van der Waals surface area contributed by atoms with Gasteiger partial charge < -0.3 is 19.9 Å². The average Bonchev–Trinajstić information content (AvgIpc) is 3.04. The maximum absolute atomic E-state index is 12.2. The van der Waals surface area contributed by atoms with Gasteiger partial charge in [0.05, 0.1) is 12.6 Å². The third-order valence-corrected chi connectivity index (χ3v) is 4.22. The lowest BCUT2D eigenvalue weighted by Crippen LogP contribution is -2.52. The molecule has 1 saturated heterocycles. The number of rotatable bonds is 8. The van der Waals surface area contributed by atoms with Gasteiger partial charge in [-0.3, -0.25) is 9.69 Å². The predicted octanol–water partition coefficient (Wildman–Crippen LogP) is 0.939. The van der Waals surface area contributed by atoms with E-state index in [9.17, 15) is 4.79 Å². The van der Waals surface area contributed by atoms with Gasteiger partial charge in [0.1, 0.15) is 6.10 Å². The van der Waals surface area contributed by atoms with Gasteiger partial charge in [0.2, 0.25) is 11.8 Å². The summed E-state index contributed by atoms with van der Waals surface area (Å²) in [6.45, 7) is 10.0. The van der Waals surface area contributed by atoms with Gasteiger partial charge in [-0.25, -0.2) is 0 Å². The van der Waals surface area contributed by atoms with Gasteiger partial charge >= 0.3 is 0 Å². The lowest BCUT2D eigenvalue weighted by molar-refractivity contribution is -0.134. The van der Waals surface area contributed by atoms with Gasteiger partial charge in [0.25, 0.3) is 0 Å². The first kappa shape index (κ1) is 18.8. The molecule has 0 aliphatic carbocycles. The van der Waals surface area contributed by atoms with Crippen molar-refractivity contribution in [3.05, 3.63) is 11.7 Å². The van der Waals surface area contributed by atoms with E-state index in [2.05, 4.69) is 15.0 Å². The maximum Gasteiger partial charge on any atom is 0.240 e. The monoisotopic (exact) mass is 339 g/mol. The zero-order valence-electron chi connectivity index (χ0n) is 14.9. The molecule has 0 aromatic carbocycles. The SMILES string of the molecule is CCCC(N)C(=O)N1CCN(Cc2nc(C(C)OCC)no2)CC1. The second-order valence-corrected chi connectivity index (χ2v) is 6.14. The molecule has 0 saturated carbocycles.